The summed E-state index contributed by atoms with van der Waals surface area (Å²) in [6, 6.07) is 88.7. The zero-order chi connectivity index (χ0) is 65.7. The smallest absolute Gasteiger partial charge is 0.293 e. The van der Waals surface area contributed by atoms with Crippen molar-refractivity contribution in [2.24, 2.45) is 0 Å². The highest BCUT2D eigenvalue weighted by Crippen LogP contribution is 2.61. The standard InChI is InChI=1S/3C31H22NO/c1-31(2)24-15-21-14-12-19-8-4-6-10-23(19)29(21)32-17-33-25-16-20-13-11-18-7-3-5-9-22(18)26(20)28(31)27(25)30(24)32;1-31(2)28-25-20(13-11-18-7-3-5-9-22(18)25)15-24-27(28)30-29(31)26-21(16-32(30)17-33-24)14-12-19-8-4-6-10-23(19)26;1-31(2)28-23-14-13-18-7-3-5-9-21(18)24(23)16-32-17-33-25-15-20-12-11-19-8-4-6-10-22(19)26(20)29(31)27(25)30(28)32/h3*3-16H,17H2,1-2H3/q3*+1. The fraction of sp³-hybridized carbons (Fsp3) is 0.129. The molecule has 3 aliphatic heterocycles. The van der Waals surface area contributed by atoms with Crippen LogP contribution >= 0.6 is 0 Å². The first-order chi connectivity index (χ1) is 48.4. The van der Waals surface area contributed by atoms with E-state index in [0.717, 1.165) is 17.2 Å². The van der Waals surface area contributed by atoms with Crippen LogP contribution < -0.4 is 27.9 Å². The molecule has 0 bridgehead atoms. The van der Waals surface area contributed by atoms with Crippen LogP contribution in [-0.4, -0.2) is 0 Å². The fourth-order valence-electron chi connectivity index (χ4n) is 19.5. The van der Waals surface area contributed by atoms with Gasteiger partial charge < -0.3 is 14.2 Å². The van der Waals surface area contributed by atoms with Gasteiger partial charge in [-0.25, -0.2) is 0 Å². The number of fused-ring (bicyclic) bond motifs is 24. The van der Waals surface area contributed by atoms with Crippen LogP contribution in [0.4, 0.5) is 0 Å². The normalized spacial score (nSPS) is 15.3. The predicted molar refractivity (Wildman–Crippen MR) is 405 cm³/mol. The third kappa shape index (κ3) is 7.22. The number of ether oxygens (including phenoxy) is 3. The second-order valence-corrected chi connectivity index (χ2v) is 29.9. The predicted octanol–water partition coefficient (Wildman–Crippen LogP) is 21.7. The van der Waals surface area contributed by atoms with Crippen LogP contribution in [0.25, 0.3) is 163 Å². The van der Waals surface area contributed by atoms with Crippen molar-refractivity contribution in [3.05, 3.63) is 288 Å². The van der Waals surface area contributed by atoms with E-state index < -0.39 is 0 Å². The second-order valence-electron chi connectivity index (χ2n) is 29.9. The van der Waals surface area contributed by atoms with Crippen LogP contribution in [-0.2, 0) is 36.4 Å². The molecule has 18 aromatic rings. The van der Waals surface area contributed by atoms with Crippen molar-refractivity contribution < 1.29 is 27.9 Å². The van der Waals surface area contributed by atoms with E-state index in [4.69, 9.17) is 14.2 Å². The number of pyridine rings is 3. The molecule has 0 amide bonds. The summed E-state index contributed by atoms with van der Waals surface area (Å²) in [5, 5.41) is 30.0. The third-order valence-corrected chi connectivity index (χ3v) is 23.7. The molecule has 6 heteroatoms. The van der Waals surface area contributed by atoms with E-state index in [2.05, 4.69) is 310 Å². The summed E-state index contributed by atoms with van der Waals surface area (Å²) in [4.78, 5) is 0. The lowest BCUT2D eigenvalue weighted by molar-refractivity contribution is -0.716. The minimum absolute atomic E-state index is 0.127. The topological polar surface area (TPSA) is 39.3 Å². The third-order valence-electron chi connectivity index (χ3n) is 23.7. The van der Waals surface area contributed by atoms with E-state index in [1.165, 1.54) is 197 Å². The number of hydrogen-bond acceptors (Lipinski definition) is 3. The SMILES string of the molecule is CC1(C)c2c3[n+](cc4c2ccc2ccccc24)COc2cc4ccc5ccccc5c4c1c2-3.CC1(C)c2c3c(cc4ccc5ccccc5c24)OC[n+]2cc4ccc5ccccc5c4c1c2-3.CC1(C)c2cc3ccc4ccccc4c3[n+]3c2-c2c(cc4ccc5ccccc5c4c21)OC3. The molecule has 15 aromatic carbocycles. The number of benzene rings is 15. The molecular weight excluding hydrogens is 1210 g/mol. The molecule has 0 atom stereocenters. The first-order valence-corrected chi connectivity index (χ1v) is 34.9. The van der Waals surface area contributed by atoms with Crippen LogP contribution in [0, 0.1) is 0 Å². The summed E-state index contributed by atoms with van der Waals surface area (Å²) in [5.41, 5.74) is 17.1. The van der Waals surface area contributed by atoms with Crippen molar-refractivity contribution in [3.8, 4) is 51.0 Å². The zero-order valence-electron chi connectivity index (χ0n) is 55.9. The lowest BCUT2D eigenvalue weighted by Crippen LogP contribution is -2.43. The largest absolute Gasteiger partial charge is 0.435 e. The van der Waals surface area contributed by atoms with E-state index in [0.29, 0.717) is 20.2 Å². The average molecular weight is 1270 g/mol. The molecule has 99 heavy (non-hydrogen) atoms. The Morgan fingerprint density at radius 3 is 1.13 bits per heavy atom. The van der Waals surface area contributed by atoms with E-state index in [1.807, 2.05) is 0 Å². The average Bonchev–Trinajstić information content (AvgIpc) is 1.54. The first kappa shape index (κ1) is 55.4. The van der Waals surface area contributed by atoms with Crippen molar-refractivity contribution in [1.29, 1.82) is 0 Å². The molecule has 0 saturated carbocycles. The van der Waals surface area contributed by atoms with Gasteiger partial charge in [0.25, 0.3) is 20.2 Å². The van der Waals surface area contributed by atoms with Crippen molar-refractivity contribution >= 4 is 129 Å². The van der Waals surface area contributed by atoms with Gasteiger partial charge in [0.1, 0.15) is 17.2 Å². The van der Waals surface area contributed by atoms with E-state index in [1.54, 1.807) is 0 Å². The van der Waals surface area contributed by atoms with Crippen LogP contribution in [0.5, 0.6) is 17.2 Å². The van der Waals surface area contributed by atoms with Gasteiger partial charge >= 0.3 is 0 Å². The molecule has 0 spiro atoms. The van der Waals surface area contributed by atoms with Crippen LogP contribution in [0.1, 0.15) is 74.9 Å². The lowest BCUT2D eigenvalue weighted by atomic mass is 9.77. The first-order valence-electron chi connectivity index (χ1n) is 34.9. The van der Waals surface area contributed by atoms with Crippen molar-refractivity contribution in [3.63, 3.8) is 0 Å². The maximum absolute atomic E-state index is 6.50. The van der Waals surface area contributed by atoms with Gasteiger partial charge in [-0.05, 0) is 156 Å². The van der Waals surface area contributed by atoms with Crippen LogP contribution in [0.2, 0.25) is 0 Å². The Balaban J connectivity index is 0.0000000949. The quantitative estimate of drug-likeness (QED) is 0.112. The Labute approximate surface area is 571 Å². The van der Waals surface area contributed by atoms with Gasteiger partial charge in [-0.15, -0.1) is 0 Å². The second kappa shape index (κ2) is 19.3. The molecule has 0 N–H and O–H groups in total. The number of rotatable bonds is 0. The highest BCUT2D eigenvalue weighted by molar-refractivity contribution is 6.20. The van der Waals surface area contributed by atoms with Crippen molar-refractivity contribution in [1.82, 2.24) is 0 Å². The monoisotopic (exact) mass is 1270 g/mol. The number of hydrogen-bond donors (Lipinski definition) is 0. The van der Waals surface area contributed by atoms with Gasteiger partial charge in [0.2, 0.25) is 22.6 Å². The molecule has 0 radical (unpaired) electrons. The molecule has 24 rings (SSSR count). The van der Waals surface area contributed by atoms with Gasteiger partial charge in [0, 0.05) is 49.1 Å². The Morgan fingerprint density at radius 2 is 0.616 bits per heavy atom. The number of nitrogens with zero attached hydrogens (tertiary/aromatic N) is 3. The molecule has 6 aliphatic rings. The summed E-state index contributed by atoms with van der Waals surface area (Å²) in [7, 11) is 0. The Kier molecular flexibility index (Phi) is 10.8. The minimum atomic E-state index is -0.165. The Hall–Kier alpha value is -11.7. The molecule has 6 nitrogen and oxygen atoms in total. The number of aromatic nitrogens is 3. The Morgan fingerprint density at radius 1 is 0.263 bits per heavy atom. The maximum Gasteiger partial charge on any atom is 0.293 e. The summed E-state index contributed by atoms with van der Waals surface area (Å²) >= 11 is 0. The molecule has 468 valence electrons. The van der Waals surface area contributed by atoms with E-state index in [9.17, 15) is 0 Å². The summed E-state index contributed by atoms with van der Waals surface area (Å²) in [6.45, 7) is 16.0. The summed E-state index contributed by atoms with van der Waals surface area (Å²) < 4.78 is 26.4. The van der Waals surface area contributed by atoms with Gasteiger partial charge in [0.15, 0.2) is 12.4 Å². The lowest BCUT2D eigenvalue weighted by Gasteiger charge is -2.24. The van der Waals surface area contributed by atoms with Gasteiger partial charge in [0.05, 0.1) is 27.5 Å². The highest BCUT2D eigenvalue weighted by atomic mass is 16.5. The fourth-order valence-corrected chi connectivity index (χ4v) is 19.5. The molecule has 0 fully saturated rings. The summed E-state index contributed by atoms with van der Waals surface area (Å²) in [5.74, 6) is 3.04. The van der Waals surface area contributed by atoms with Crippen LogP contribution in [0.15, 0.2) is 255 Å². The van der Waals surface area contributed by atoms with E-state index in [-0.39, 0.29) is 16.2 Å². The summed E-state index contributed by atoms with van der Waals surface area (Å²) in [6.07, 6.45) is 4.58. The van der Waals surface area contributed by atoms with Crippen molar-refractivity contribution in [2.45, 2.75) is 78.0 Å². The Bertz CT molecular complexity index is 6680. The zero-order valence-corrected chi connectivity index (χ0v) is 55.9. The molecular formula is C93H66N3O3+3. The molecule has 6 heterocycles. The van der Waals surface area contributed by atoms with Gasteiger partial charge in [-0.3, -0.25) is 0 Å². The van der Waals surface area contributed by atoms with Crippen LogP contribution in [0.3, 0.4) is 0 Å². The minimum Gasteiger partial charge on any atom is -0.435 e. The maximum atomic E-state index is 6.50. The van der Waals surface area contributed by atoms with Gasteiger partial charge in [-0.2, -0.15) is 13.7 Å². The van der Waals surface area contributed by atoms with Gasteiger partial charge in [-0.1, -0.05) is 242 Å². The molecule has 3 aliphatic carbocycles. The molecule has 0 saturated heterocycles. The van der Waals surface area contributed by atoms with E-state index >= 15 is 0 Å². The highest BCUT2D eigenvalue weighted by Gasteiger charge is 2.52. The van der Waals surface area contributed by atoms with Crippen molar-refractivity contribution in [2.75, 3.05) is 0 Å². The molecule has 0 unspecified atom stereocenters. The molecule has 3 aromatic heterocycles.